The number of azo groups is 1. The first-order valence-corrected chi connectivity index (χ1v) is 7.30. The zero-order valence-electron chi connectivity index (χ0n) is 13.0. The summed E-state index contributed by atoms with van der Waals surface area (Å²) in [7, 11) is 0. The molecular formula is C20H20N2. The largest absolute Gasteiger partial charge is 0.151 e. The molecule has 0 aromatic heterocycles. The van der Waals surface area contributed by atoms with E-state index in [4.69, 9.17) is 0 Å². The van der Waals surface area contributed by atoms with Gasteiger partial charge in [-0.3, -0.25) is 0 Å². The van der Waals surface area contributed by atoms with E-state index in [0.29, 0.717) is 0 Å². The summed E-state index contributed by atoms with van der Waals surface area (Å²) in [6.07, 6.45) is 0. The lowest BCUT2D eigenvalue weighted by Crippen LogP contribution is -1.74. The zero-order valence-corrected chi connectivity index (χ0v) is 13.0. The Bertz CT molecular complexity index is 642. The van der Waals surface area contributed by atoms with Crippen molar-refractivity contribution in [2.24, 2.45) is 10.2 Å². The molecule has 0 amide bonds. The Balaban J connectivity index is 0.000000188. The molecule has 0 heterocycles. The molecule has 0 aliphatic rings. The fourth-order valence-corrected chi connectivity index (χ4v) is 1.77. The fourth-order valence-electron chi connectivity index (χ4n) is 1.77. The summed E-state index contributed by atoms with van der Waals surface area (Å²) in [4.78, 5) is 0. The highest BCUT2D eigenvalue weighted by Gasteiger charge is 1.86. The number of aryl methyl sites for hydroxylation is 2. The average Bonchev–Trinajstić information content (AvgIpc) is 2.58. The van der Waals surface area contributed by atoms with Gasteiger partial charge in [-0.05, 0) is 49.2 Å². The van der Waals surface area contributed by atoms with Crippen molar-refractivity contribution >= 4 is 11.4 Å². The second kappa shape index (κ2) is 8.53. The van der Waals surface area contributed by atoms with Gasteiger partial charge < -0.3 is 0 Å². The highest BCUT2D eigenvalue weighted by molar-refractivity contribution is 5.39. The molecule has 3 aromatic carbocycles. The van der Waals surface area contributed by atoms with E-state index in [1.54, 1.807) is 0 Å². The van der Waals surface area contributed by atoms with E-state index in [1.807, 2.05) is 60.7 Å². The molecule has 0 spiro atoms. The molecular weight excluding hydrogens is 268 g/mol. The molecule has 3 aromatic rings. The minimum atomic E-state index is 0.872. The third kappa shape index (κ3) is 5.33. The third-order valence-corrected chi connectivity index (χ3v) is 3.22. The molecule has 2 heteroatoms. The van der Waals surface area contributed by atoms with Gasteiger partial charge in [0, 0.05) is 0 Å². The van der Waals surface area contributed by atoms with Crippen LogP contribution in [0.5, 0.6) is 0 Å². The van der Waals surface area contributed by atoms with Crippen molar-refractivity contribution in [2.75, 3.05) is 0 Å². The molecule has 0 saturated carbocycles. The Morgan fingerprint density at radius 1 is 0.455 bits per heavy atom. The number of hydrogen-bond donors (Lipinski definition) is 0. The number of rotatable bonds is 2. The van der Waals surface area contributed by atoms with Gasteiger partial charge in [0.2, 0.25) is 0 Å². The van der Waals surface area contributed by atoms with E-state index < -0.39 is 0 Å². The van der Waals surface area contributed by atoms with Crippen molar-refractivity contribution in [3.63, 3.8) is 0 Å². The Hall–Kier alpha value is -2.74. The Labute approximate surface area is 132 Å². The van der Waals surface area contributed by atoms with Crippen LogP contribution in [-0.4, -0.2) is 0 Å². The molecule has 0 N–H and O–H groups in total. The van der Waals surface area contributed by atoms with E-state index in [-0.39, 0.29) is 0 Å². The predicted octanol–water partition coefficient (Wildman–Crippen LogP) is 6.41. The van der Waals surface area contributed by atoms with Crippen LogP contribution < -0.4 is 0 Å². The van der Waals surface area contributed by atoms with Crippen molar-refractivity contribution in [3.05, 3.63) is 96.1 Å². The smallest absolute Gasteiger partial charge is 0.0857 e. The van der Waals surface area contributed by atoms with Crippen LogP contribution in [-0.2, 0) is 0 Å². The second-order valence-corrected chi connectivity index (χ2v) is 4.96. The highest BCUT2D eigenvalue weighted by Crippen LogP contribution is 2.16. The van der Waals surface area contributed by atoms with E-state index in [9.17, 15) is 0 Å². The van der Waals surface area contributed by atoms with E-state index in [1.165, 1.54) is 11.1 Å². The summed E-state index contributed by atoms with van der Waals surface area (Å²) in [5.74, 6) is 0. The Kier molecular flexibility index (Phi) is 6.06. The maximum atomic E-state index is 4.10. The summed E-state index contributed by atoms with van der Waals surface area (Å²) in [5.41, 5.74) is 4.48. The van der Waals surface area contributed by atoms with Gasteiger partial charge in [0.05, 0.1) is 11.4 Å². The SMILES string of the molecule is Cc1ccccc1C.c1ccc(N=Nc2ccccc2)cc1. The molecule has 0 atom stereocenters. The van der Waals surface area contributed by atoms with Crippen LogP contribution in [0.2, 0.25) is 0 Å². The summed E-state index contributed by atoms with van der Waals surface area (Å²) in [6, 6.07) is 27.7. The molecule has 0 radical (unpaired) electrons. The minimum absolute atomic E-state index is 0.872. The molecule has 0 saturated heterocycles. The minimum Gasteiger partial charge on any atom is -0.151 e. The van der Waals surface area contributed by atoms with Crippen LogP contribution in [0.15, 0.2) is 95.2 Å². The lowest BCUT2D eigenvalue weighted by molar-refractivity contribution is 1.23. The van der Waals surface area contributed by atoms with Gasteiger partial charge in [-0.15, -0.1) is 0 Å². The predicted molar refractivity (Wildman–Crippen MR) is 93.0 cm³/mol. The molecule has 2 nitrogen and oxygen atoms in total. The van der Waals surface area contributed by atoms with E-state index in [0.717, 1.165) is 11.4 Å². The topological polar surface area (TPSA) is 24.7 Å². The normalized spacial score (nSPS) is 10.1. The van der Waals surface area contributed by atoms with Gasteiger partial charge in [0.1, 0.15) is 0 Å². The van der Waals surface area contributed by atoms with Gasteiger partial charge in [0.15, 0.2) is 0 Å². The van der Waals surface area contributed by atoms with Crippen molar-refractivity contribution in [1.82, 2.24) is 0 Å². The fraction of sp³-hybridized carbons (Fsp3) is 0.100. The molecule has 0 aliphatic carbocycles. The number of hydrogen-bond acceptors (Lipinski definition) is 2. The summed E-state index contributed by atoms with van der Waals surface area (Å²) in [5, 5.41) is 8.20. The monoisotopic (exact) mass is 288 g/mol. The lowest BCUT2D eigenvalue weighted by atomic mass is 10.1. The zero-order chi connectivity index (χ0) is 15.6. The van der Waals surface area contributed by atoms with E-state index >= 15 is 0 Å². The maximum absolute atomic E-state index is 4.10. The van der Waals surface area contributed by atoms with Gasteiger partial charge >= 0.3 is 0 Å². The van der Waals surface area contributed by atoms with Crippen molar-refractivity contribution in [1.29, 1.82) is 0 Å². The standard InChI is InChI=1S/C12H10N2.C8H10/c1-3-7-11(8-4-1)13-14-12-9-5-2-6-10-12;1-7-5-3-4-6-8(7)2/h1-10H;3-6H,1-2H3. The van der Waals surface area contributed by atoms with Crippen molar-refractivity contribution in [3.8, 4) is 0 Å². The van der Waals surface area contributed by atoms with Gasteiger partial charge in [-0.2, -0.15) is 10.2 Å². The molecule has 0 bridgehead atoms. The number of nitrogens with zero attached hydrogens (tertiary/aromatic N) is 2. The summed E-state index contributed by atoms with van der Waals surface area (Å²) < 4.78 is 0. The van der Waals surface area contributed by atoms with E-state index in [2.05, 4.69) is 48.3 Å². The maximum Gasteiger partial charge on any atom is 0.0857 e. The molecule has 22 heavy (non-hydrogen) atoms. The van der Waals surface area contributed by atoms with Crippen molar-refractivity contribution < 1.29 is 0 Å². The first kappa shape index (κ1) is 15.6. The molecule has 0 aliphatic heterocycles. The molecule has 3 rings (SSSR count). The molecule has 0 unspecified atom stereocenters. The first-order chi connectivity index (χ1) is 10.8. The van der Waals surface area contributed by atoms with Crippen LogP contribution in [0, 0.1) is 13.8 Å². The Morgan fingerprint density at radius 3 is 1.09 bits per heavy atom. The van der Waals surface area contributed by atoms with Crippen LogP contribution >= 0.6 is 0 Å². The second-order valence-electron chi connectivity index (χ2n) is 4.96. The lowest BCUT2D eigenvalue weighted by Gasteiger charge is -1.93. The summed E-state index contributed by atoms with van der Waals surface area (Å²) >= 11 is 0. The summed E-state index contributed by atoms with van der Waals surface area (Å²) in [6.45, 7) is 4.24. The number of benzene rings is 3. The average molecular weight is 288 g/mol. The van der Waals surface area contributed by atoms with Crippen LogP contribution in [0.25, 0.3) is 0 Å². The Morgan fingerprint density at radius 2 is 0.773 bits per heavy atom. The molecule has 0 fully saturated rings. The van der Waals surface area contributed by atoms with Crippen molar-refractivity contribution in [2.45, 2.75) is 13.8 Å². The quantitative estimate of drug-likeness (QED) is 0.487. The van der Waals surface area contributed by atoms with Crippen LogP contribution in [0.3, 0.4) is 0 Å². The van der Waals surface area contributed by atoms with Gasteiger partial charge in [-0.1, -0.05) is 60.7 Å². The third-order valence-electron chi connectivity index (χ3n) is 3.22. The van der Waals surface area contributed by atoms with Crippen LogP contribution in [0.1, 0.15) is 11.1 Å². The first-order valence-electron chi connectivity index (χ1n) is 7.30. The van der Waals surface area contributed by atoms with Gasteiger partial charge in [0.25, 0.3) is 0 Å². The van der Waals surface area contributed by atoms with Crippen LogP contribution in [0.4, 0.5) is 11.4 Å². The van der Waals surface area contributed by atoms with Gasteiger partial charge in [-0.25, -0.2) is 0 Å². The molecule has 110 valence electrons. The highest BCUT2D eigenvalue weighted by atomic mass is 15.1.